The zero-order chi connectivity index (χ0) is 17.0. The van der Waals surface area contributed by atoms with Gasteiger partial charge in [-0.2, -0.15) is 0 Å². The highest BCUT2D eigenvalue weighted by atomic mass is 16.2. The normalized spacial score (nSPS) is 10.5. The van der Waals surface area contributed by atoms with Gasteiger partial charge < -0.3 is 0 Å². The number of hydrogen-bond acceptors (Lipinski definition) is 4. The lowest BCUT2D eigenvalue weighted by molar-refractivity contribution is -0.119. The Bertz CT molecular complexity index is 589. The van der Waals surface area contributed by atoms with E-state index in [1.54, 1.807) is 17.3 Å². The van der Waals surface area contributed by atoms with E-state index in [1.165, 1.54) is 25.6 Å². The Kier molecular flexibility index (Phi) is 7.90. The Labute approximate surface area is 144 Å². The number of amides is 1. The van der Waals surface area contributed by atoms with Crippen LogP contribution in [0.4, 0.5) is 5.82 Å². The Balaban J connectivity index is 1.94. The first-order valence-electron chi connectivity index (χ1n) is 8.67. The molecule has 0 fully saturated rings. The van der Waals surface area contributed by atoms with E-state index < -0.39 is 0 Å². The minimum Gasteiger partial charge on any atom is -0.273 e. The zero-order valence-electron chi connectivity index (χ0n) is 14.3. The van der Waals surface area contributed by atoms with Gasteiger partial charge in [0.25, 0.3) is 0 Å². The van der Waals surface area contributed by atoms with Gasteiger partial charge in [0, 0.05) is 25.2 Å². The predicted molar refractivity (Wildman–Crippen MR) is 96.2 cm³/mol. The molecule has 0 bridgehead atoms. The molecule has 1 N–H and O–H groups in total. The van der Waals surface area contributed by atoms with Crippen LogP contribution in [0.15, 0.2) is 48.9 Å². The zero-order valence-corrected chi connectivity index (χ0v) is 14.3. The third-order valence-corrected chi connectivity index (χ3v) is 3.82. The van der Waals surface area contributed by atoms with Crippen LogP contribution in [0.3, 0.4) is 0 Å². The van der Waals surface area contributed by atoms with Crippen molar-refractivity contribution in [2.45, 2.75) is 52.0 Å². The molecule has 1 aromatic carbocycles. The maximum atomic E-state index is 12.6. The number of nitrogens with one attached hydrogen (secondary N) is 1. The van der Waals surface area contributed by atoms with Crippen LogP contribution in [0, 0.1) is 0 Å². The molecule has 2 rings (SSSR count). The van der Waals surface area contributed by atoms with Gasteiger partial charge in [0.05, 0.1) is 0 Å². The molecule has 0 saturated heterocycles. The number of hydrazine groups is 1. The fraction of sp³-hybridized carbons (Fsp3) is 0.421. The van der Waals surface area contributed by atoms with Crippen molar-refractivity contribution in [2.75, 3.05) is 5.01 Å². The largest absolute Gasteiger partial charge is 0.273 e. The summed E-state index contributed by atoms with van der Waals surface area (Å²) >= 11 is 0. The summed E-state index contributed by atoms with van der Waals surface area (Å²) in [6.45, 7) is 2.77. The second-order valence-electron chi connectivity index (χ2n) is 5.78. The van der Waals surface area contributed by atoms with Crippen LogP contribution in [0.1, 0.15) is 51.0 Å². The number of carbonyl (C=O) groups excluding carboxylic acids is 1. The molecule has 0 aliphatic heterocycles. The van der Waals surface area contributed by atoms with E-state index in [2.05, 4.69) is 22.3 Å². The molecule has 0 unspecified atom stereocenters. The summed E-state index contributed by atoms with van der Waals surface area (Å²) in [6, 6.07) is 11.8. The number of carbonyl (C=O) groups is 1. The molecule has 1 heterocycles. The number of unbranched alkanes of at least 4 members (excludes halogenated alkanes) is 4. The summed E-state index contributed by atoms with van der Waals surface area (Å²) < 4.78 is 0. The monoisotopic (exact) mass is 326 g/mol. The van der Waals surface area contributed by atoms with Crippen molar-refractivity contribution >= 4 is 11.7 Å². The molecule has 0 aliphatic rings. The van der Waals surface area contributed by atoms with E-state index in [4.69, 9.17) is 0 Å². The van der Waals surface area contributed by atoms with E-state index in [1.807, 2.05) is 30.3 Å². The Morgan fingerprint density at radius 1 is 1.08 bits per heavy atom. The molecule has 0 atom stereocenters. The van der Waals surface area contributed by atoms with Crippen molar-refractivity contribution in [3.8, 4) is 0 Å². The lowest BCUT2D eigenvalue weighted by Crippen LogP contribution is -2.43. The molecule has 5 heteroatoms. The van der Waals surface area contributed by atoms with E-state index in [-0.39, 0.29) is 5.91 Å². The quantitative estimate of drug-likeness (QED) is 0.532. The fourth-order valence-electron chi connectivity index (χ4n) is 2.47. The van der Waals surface area contributed by atoms with Crippen LogP contribution in [-0.2, 0) is 11.3 Å². The maximum absolute atomic E-state index is 12.6. The van der Waals surface area contributed by atoms with Gasteiger partial charge in [0.15, 0.2) is 5.82 Å². The highest BCUT2D eigenvalue weighted by Crippen LogP contribution is 2.12. The van der Waals surface area contributed by atoms with Gasteiger partial charge >= 0.3 is 0 Å². The van der Waals surface area contributed by atoms with Gasteiger partial charge in [-0.25, -0.2) is 20.4 Å². The fourth-order valence-corrected chi connectivity index (χ4v) is 2.47. The molecule has 5 nitrogen and oxygen atoms in total. The van der Waals surface area contributed by atoms with Crippen molar-refractivity contribution in [1.29, 1.82) is 0 Å². The molecule has 0 radical (unpaired) electrons. The van der Waals surface area contributed by atoms with Crippen molar-refractivity contribution < 1.29 is 4.79 Å². The summed E-state index contributed by atoms with van der Waals surface area (Å²) in [6.07, 6.45) is 9.26. The molecule has 0 aliphatic carbocycles. The lowest BCUT2D eigenvalue weighted by atomic mass is 10.1. The van der Waals surface area contributed by atoms with Crippen LogP contribution in [-0.4, -0.2) is 15.9 Å². The van der Waals surface area contributed by atoms with Gasteiger partial charge in [-0.05, 0) is 12.0 Å². The maximum Gasteiger partial charge on any atom is 0.242 e. The van der Waals surface area contributed by atoms with E-state index in [9.17, 15) is 4.79 Å². The second kappa shape index (κ2) is 10.5. The highest BCUT2D eigenvalue weighted by molar-refractivity contribution is 5.91. The van der Waals surface area contributed by atoms with Crippen LogP contribution >= 0.6 is 0 Å². The predicted octanol–water partition coefficient (Wildman–Crippen LogP) is 3.87. The molecule has 0 saturated carbocycles. The SMILES string of the molecule is CCCCCCCC(=O)N(NCc1ccccc1)c1ccncn1. The van der Waals surface area contributed by atoms with Gasteiger partial charge in [0.1, 0.15) is 6.33 Å². The number of nitrogens with zero attached hydrogens (tertiary/aromatic N) is 3. The molecular weight excluding hydrogens is 300 g/mol. The molecule has 128 valence electrons. The van der Waals surface area contributed by atoms with Gasteiger partial charge in [0.2, 0.25) is 5.91 Å². The number of hydrogen-bond donors (Lipinski definition) is 1. The van der Waals surface area contributed by atoms with Crippen LogP contribution in [0.2, 0.25) is 0 Å². The molecule has 24 heavy (non-hydrogen) atoms. The van der Waals surface area contributed by atoms with Crippen molar-refractivity contribution in [3.63, 3.8) is 0 Å². The second-order valence-corrected chi connectivity index (χ2v) is 5.78. The number of anilines is 1. The molecule has 1 amide bonds. The van der Waals surface area contributed by atoms with E-state index in [0.717, 1.165) is 18.4 Å². The summed E-state index contributed by atoms with van der Waals surface area (Å²) in [4.78, 5) is 20.7. The van der Waals surface area contributed by atoms with Crippen molar-refractivity contribution in [2.24, 2.45) is 0 Å². The third kappa shape index (κ3) is 6.08. The first-order valence-corrected chi connectivity index (χ1v) is 8.67. The average Bonchev–Trinajstić information content (AvgIpc) is 2.63. The molecule has 2 aromatic rings. The Hall–Kier alpha value is -2.27. The van der Waals surface area contributed by atoms with Crippen LogP contribution in [0.25, 0.3) is 0 Å². The number of rotatable bonds is 10. The number of aromatic nitrogens is 2. The highest BCUT2D eigenvalue weighted by Gasteiger charge is 2.16. The van der Waals surface area contributed by atoms with Crippen LogP contribution < -0.4 is 10.4 Å². The first-order chi connectivity index (χ1) is 11.8. The topological polar surface area (TPSA) is 58.1 Å². The number of benzene rings is 1. The first kappa shape index (κ1) is 18.1. The summed E-state index contributed by atoms with van der Waals surface area (Å²) in [5.41, 5.74) is 4.32. The van der Waals surface area contributed by atoms with Gasteiger partial charge in [-0.1, -0.05) is 62.9 Å². The van der Waals surface area contributed by atoms with E-state index in [0.29, 0.717) is 18.8 Å². The standard InChI is InChI=1S/C19H26N4O/c1-2-3-4-5-9-12-19(24)23(18-13-14-20-16-21-18)22-15-17-10-7-6-8-11-17/h6-8,10-11,13-14,16,22H,2-5,9,12,15H2,1H3. The average molecular weight is 326 g/mol. The Morgan fingerprint density at radius 3 is 2.58 bits per heavy atom. The summed E-state index contributed by atoms with van der Waals surface area (Å²) in [7, 11) is 0. The van der Waals surface area contributed by atoms with Crippen molar-refractivity contribution in [3.05, 3.63) is 54.5 Å². The Morgan fingerprint density at radius 2 is 1.88 bits per heavy atom. The van der Waals surface area contributed by atoms with Gasteiger partial charge in [-0.15, -0.1) is 0 Å². The molecular formula is C19H26N4O. The minimum absolute atomic E-state index is 0.0427. The van der Waals surface area contributed by atoms with Crippen LogP contribution in [0.5, 0.6) is 0 Å². The summed E-state index contributed by atoms with van der Waals surface area (Å²) in [5.74, 6) is 0.626. The van der Waals surface area contributed by atoms with Crippen molar-refractivity contribution in [1.82, 2.24) is 15.4 Å². The minimum atomic E-state index is 0.0427. The molecule has 1 aromatic heterocycles. The smallest absolute Gasteiger partial charge is 0.242 e. The summed E-state index contributed by atoms with van der Waals surface area (Å²) in [5, 5.41) is 1.55. The molecule has 0 spiro atoms. The lowest BCUT2D eigenvalue weighted by Gasteiger charge is -2.22. The third-order valence-electron chi connectivity index (χ3n) is 3.82. The van der Waals surface area contributed by atoms with E-state index >= 15 is 0 Å². The van der Waals surface area contributed by atoms with Gasteiger partial charge in [-0.3, -0.25) is 4.79 Å².